The maximum absolute atomic E-state index is 10.7. The Balaban J connectivity index is 2.34. The van der Waals surface area contributed by atoms with E-state index in [0.717, 1.165) is 38.9 Å². The van der Waals surface area contributed by atoms with Gasteiger partial charge in [-0.15, -0.1) is 0 Å². The number of nitrogens with zero attached hydrogens (tertiary/aromatic N) is 1. The fourth-order valence-corrected chi connectivity index (χ4v) is 2.06. The first-order chi connectivity index (χ1) is 7.13. The molecule has 1 heterocycles. The van der Waals surface area contributed by atoms with Crippen molar-refractivity contribution < 1.29 is 9.90 Å². The van der Waals surface area contributed by atoms with Gasteiger partial charge in [0.2, 0.25) is 0 Å². The van der Waals surface area contributed by atoms with Crippen LogP contribution in [0.1, 0.15) is 33.1 Å². The third-order valence-electron chi connectivity index (χ3n) is 3.12. The number of hydrogen-bond donors (Lipinski definition) is 2. The molecule has 1 fully saturated rings. The smallest absolute Gasteiger partial charge is 0.320 e. The van der Waals surface area contributed by atoms with E-state index >= 15 is 0 Å². The lowest BCUT2D eigenvalue weighted by Gasteiger charge is -2.20. The van der Waals surface area contributed by atoms with Crippen LogP contribution in [-0.2, 0) is 4.79 Å². The molecule has 4 nitrogen and oxygen atoms in total. The van der Waals surface area contributed by atoms with Crippen molar-refractivity contribution in [2.45, 2.75) is 45.2 Å². The van der Waals surface area contributed by atoms with Crippen LogP contribution in [0.2, 0.25) is 0 Å². The van der Waals surface area contributed by atoms with Crippen molar-refractivity contribution in [1.29, 1.82) is 0 Å². The fraction of sp³-hybridized carbons (Fsp3) is 0.909. The summed E-state index contributed by atoms with van der Waals surface area (Å²) in [7, 11) is 0. The Morgan fingerprint density at radius 1 is 1.53 bits per heavy atom. The zero-order valence-electron chi connectivity index (χ0n) is 9.70. The van der Waals surface area contributed by atoms with Crippen molar-refractivity contribution in [2.75, 3.05) is 19.6 Å². The molecule has 0 saturated carbocycles. The molecule has 0 aromatic heterocycles. The molecule has 88 valence electrons. The predicted molar refractivity (Wildman–Crippen MR) is 60.0 cm³/mol. The molecule has 2 atom stereocenters. The Morgan fingerprint density at radius 3 is 2.87 bits per heavy atom. The van der Waals surface area contributed by atoms with E-state index in [1.165, 1.54) is 0 Å². The normalized spacial score (nSPS) is 25.9. The molecule has 0 amide bonds. The highest BCUT2D eigenvalue weighted by atomic mass is 16.4. The van der Waals surface area contributed by atoms with Crippen LogP contribution in [0.25, 0.3) is 0 Å². The van der Waals surface area contributed by atoms with Crippen molar-refractivity contribution in [3.05, 3.63) is 0 Å². The van der Waals surface area contributed by atoms with Gasteiger partial charge < -0.3 is 15.3 Å². The topological polar surface area (TPSA) is 52.6 Å². The molecule has 2 unspecified atom stereocenters. The van der Waals surface area contributed by atoms with E-state index in [0.29, 0.717) is 6.04 Å². The molecule has 2 N–H and O–H groups in total. The second-order valence-electron chi connectivity index (χ2n) is 4.29. The molecule has 1 aliphatic rings. The fourth-order valence-electron chi connectivity index (χ4n) is 2.06. The lowest BCUT2D eigenvalue weighted by molar-refractivity contribution is -0.139. The van der Waals surface area contributed by atoms with Gasteiger partial charge in [0, 0.05) is 6.04 Å². The third kappa shape index (κ3) is 4.18. The molecule has 0 aromatic rings. The minimum absolute atomic E-state index is 0.368. The SMILES string of the molecule is CCN1CCCC(NC(C)C(=O)O)CC1. The summed E-state index contributed by atoms with van der Waals surface area (Å²) in [5.41, 5.74) is 0. The molecule has 0 aliphatic carbocycles. The molecular weight excluding hydrogens is 192 g/mol. The number of carbonyl (C=O) groups is 1. The van der Waals surface area contributed by atoms with Crippen molar-refractivity contribution in [1.82, 2.24) is 10.2 Å². The van der Waals surface area contributed by atoms with Gasteiger partial charge in [-0.2, -0.15) is 0 Å². The standard InChI is InChI=1S/C11H22N2O2/c1-3-13-7-4-5-10(6-8-13)12-9(2)11(14)15/h9-10,12H,3-8H2,1-2H3,(H,14,15). The van der Waals surface area contributed by atoms with E-state index in [1.807, 2.05) is 0 Å². The van der Waals surface area contributed by atoms with Crippen LogP contribution in [-0.4, -0.2) is 47.7 Å². The highest BCUT2D eigenvalue weighted by Crippen LogP contribution is 2.11. The summed E-state index contributed by atoms with van der Waals surface area (Å²) in [5, 5.41) is 12.0. The highest BCUT2D eigenvalue weighted by molar-refractivity contribution is 5.72. The van der Waals surface area contributed by atoms with Gasteiger partial charge in [0.25, 0.3) is 0 Å². The van der Waals surface area contributed by atoms with E-state index < -0.39 is 12.0 Å². The second kappa shape index (κ2) is 6.08. The molecule has 1 saturated heterocycles. The summed E-state index contributed by atoms with van der Waals surface area (Å²) in [5.74, 6) is -0.758. The molecule has 0 spiro atoms. The Labute approximate surface area is 91.6 Å². The third-order valence-corrected chi connectivity index (χ3v) is 3.12. The van der Waals surface area contributed by atoms with Crippen molar-refractivity contribution in [3.8, 4) is 0 Å². The van der Waals surface area contributed by atoms with Crippen LogP contribution in [0.3, 0.4) is 0 Å². The largest absolute Gasteiger partial charge is 0.480 e. The number of carboxylic acids is 1. The van der Waals surface area contributed by atoms with Gasteiger partial charge in [-0.1, -0.05) is 6.92 Å². The number of aliphatic carboxylic acids is 1. The van der Waals surface area contributed by atoms with E-state index in [4.69, 9.17) is 5.11 Å². The van der Waals surface area contributed by atoms with Crippen molar-refractivity contribution in [3.63, 3.8) is 0 Å². The van der Waals surface area contributed by atoms with Crippen molar-refractivity contribution in [2.24, 2.45) is 0 Å². The first kappa shape index (κ1) is 12.5. The van der Waals surface area contributed by atoms with Gasteiger partial charge in [0.1, 0.15) is 6.04 Å². The minimum atomic E-state index is -0.758. The van der Waals surface area contributed by atoms with E-state index in [2.05, 4.69) is 17.1 Å². The summed E-state index contributed by atoms with van der Waals surface area (Å²) in [6.07, 6.45) is 3.32. The average Bonchev–Trinajstić information content (AvgIpc) is 2.43. The molecule has 1 aliphatic heterocycles. The van der Waals surface area contributed by atoms with Gasteiger partial charge in [-0.3, -0.25) is 4.79 Å². The zero-order chi connectivity index (χ0) is 11.3. The maximum Gasteiger partial charge on any atom is 0.320 e. The average molecular weight is 214 g/mol. The lowest BCUT2D eigenvalue weighted by Crippen LogP contribution is -2.41. The Hall–Kier alpha value is -0.610. The first-order valence-electron chi connectivity index (χ1n) is 5.84. The Morgan fingerprint density at radius 2 is 2.27 bits per heavy atom. The van der Waals surface area contributed by atoms with Crippen LogP contribution in [0.15, 0.2) is 0 Å². The lowest BCUT2D eigenvalue weighted by atomic mass is 10.1. The van der Waals surface area contributed by atoms with Crippen LogP contribution >= 0.6 is 0 Å². The van der Waals surface area contributed by atoms with Gasteiger partial charge in [0.05, 0.1) is 0 Å². The van der Waals surface area contributed by atoms with Crippen LogP contribution < -0.4 is 5.32 Å². The molecular formula is C11H22N2O2. The minimum Gasteiger partial charge on any atom is -0.480 e. The van der Waals surface area contributed by atoms with Crippen LogP contribution in [0, 0.1) is 0 Å². The quantitative estimate of drug-likeness (QED) is 0.731. The second-order valence-corrected chi connectivity index (χ2v) is 4.29. The van der Waals surface area contributed by atoms with E-state index in [9.17, 15) is 4.79 Å². The molecule has 4 heteroatoms. The number of rotatable bonds is 4. The van der Waals surface area contributed by atoms with Gasteiger partial charge in [-0.25, -0.2) is 0 Å². The zero-order valence-corrected chi connectivity index (χ0v) is 9.70. The Kier molecular flexibility index (Phi) is 5.05. The van der Waals surface area contributed by atoms with Crippen molar-refractivity contribution >= 4 is 5.97 Å². The summed E-state index contributed by atoms with van der Waals surface area (Å²) >= 11 is 0. The molecule has 15 heavy (non-hydrogen) atoms. The summed E-state index contributed by atoms with van der Waals surface area (Å²) in [6.45, 7) is 7.22. The Bertz CT molecular complexity index is 209. The van der Waals surface area contributed by atoms with Gasteiger partial charge >= 0.3 is 5.97 Å². The van der Waals surface area contributed by atoms with Crippen LogP contribution in [0.4, 0.5) is 0 Å². The molecule has 0 bridgehead atoms. The predicted octanol–water partition coefficient (Wildman–Crippen LogP) is 0.923. The summed E-state index contributed by atoms with van der Waals surface area (Å²) in [4.78, 5) is 13.1. The summed E-state index contributed by atoms with van der Waals surface area (Å²) < 4.78 is 0. The molecule has 1 rings (SSSR count). The molecule has 0 aromatic carbocycles. The number of nitrogens with one attached hydrogen (secondary N) is 1. The van der Waals surface area contributed by atoms with E-state index in [1.54, 1.807) is 6.92 Å². The van der Waals surface area contributed by atoms with Gasteiger partial charge in [-0.05, 0) is 45.8 Å². The number of hydrogen-bond acceptors (Lipinski definition) is 3. The van der Waals surface area contributed by atoms with Crippen LogP contribution in [0.5, 0.6) is 0 Å². The maximum atomic E-state index is 10.7. The van der Waals surface area contributed by atoms with E-state index in [-0.39, 0.29) is 0 Å². The van der Waals surface area contributed by atoms with Gasteiger partial charge in [0.15, 0.2) is 0 Å². The first-order valence-corrected chi connectivity index (χ1v) is 5.84. The monoisotopic (exact) mass is 214 g/mol. The summed E-state index contributed by atoms with van der Waals surface area (Å²) in [6, 6.07) is -0.0594. The molecule has 0 radical (unpaired) electrons. The number of likely N-dealkylation sites (tertiary alicyclic amines) is 1. The number of carboxylic acid groups (broad SMARTS) is 1. The highest BCUT2D eigenvalue weighted by Gasteiger charge is 2.19.